The lowest BCUT2D eigenvalue weighted by atomic mass is 9.86. The van der Waals surface area contributed by atoms with Crippen molar-refractivity contribution < 1.29 is 61.5 Å². The van der Waals surface area contributed by atoms with Gasteiger partial charge in [-0.2, -0.15) is 57.1 Å². The van der Waals surface area contributed by atoms with E-state index in [1.807, 2.05) is 0 Å². The Morgan fingerprint density at radius 2 is 1.04 bits per heavy atom. The summed E-state index contributed by atoms with van der Waals surface area (Å²) in [6.45, 7) is -0.571. The fourth-order valence-electron chi connectivity index (χ4n) is 1.72. The van der Waals surface area contributed by atoms with Gasteiger partial charge in [0.15, 0.2) is 0 Å². The molecule has 152 valence electrons. The molecule has 1 atom stereocenters. The van der Waals surface area contributed by atoms with Crippen molar-refractivity contribution in [3.8, 4) is 0 Å². The van der Waals surface area contributed by atoms with Gasteiger partial charge >= 0.3 is 35.8 Å². The normalized spacial score (nSPS) is 17.0. The van der Waals surface area contributed by atoms with E-state index in [4.69, 9.17) is 0 Å². The second-order valence-corrected chi connectivity index (χ2v) is 5.56. The molecule has 0 radical (unpaired) electrons. The Morgan fingerprint density at radius 3 is 1.32 bits per heavy atom. The predicted octanol–water partition coefficient (Wildman–Crippen LogP) is 4.05. The van der Waals surface area contributed by atoms with Crippen molar-refractivity contribution in [2.24, 2.45) is 5.92 Å². The molecule has 0 aromatic heterocycles. The molecule has 0 fully saturated rings. The lowest BCUT2D eigenvalue weighted by Crippen LogP contribution is -2.71. The molecule has 0 amide bonds. The van der Waals surface area contributed by atoms with Crippen LogP contribution in [-0.2, 0) is 4.43 Å². The van der Waals surface area contributed by atoms with Crippen molar-refractivity contribution >= 4 is 10.5 Å². The number of alkyl halides is 13. The average Bonchev–Trinajstić information content (AvgIpc) is 2.42. The first kappa shape index (κ1) is 24.3. The minimum Gasteiger partial charge on any atom is -0.427 e. The van der Waals surface area contributed by atoms with E-state index in [0.717, 1.165) is 6.92 Å². The predicted molar refractivity (Wildman–Crippen MR) is 60.5 cm³/mol. The van der Waals surface area contributed by atoms with E-state index < -0.39 is 54.7 Å². The SMILES string of the molecule is CCC(CO[SiH3])C(F)(F)C(F)(F)C(F)(F)C(F)(F)C(F)(F)C(F)(F)F. The topological polar surface area (TPSA) is 9.23 Å². The minimum atomic E-state index is -7.86. The zero-order valence-electron chi connectivity index (χ0n) is 12.3. The zero-order valence-corrected chi connectivity index (χ0v) is 14.3. The Balaban J connectivity index is 6.29. The largest absolute Gasteiger partial charge is 0.460 e. The third kappa shape index (κ3) is 3.45. The zero-order chi connectivity index (χ0) is 20.7. The standard InChI is InChI=1S/C10H11F13OSi/c1-2-4(3-24-25)5(11,12)6(13,14)7(15,16)8(17,18)9(19,20)10(21,22)23/h4H,2-3H2,1,25H3. The summed E-state index contributed by atoms with van der Waals surface area (Å²) in [5.74, 6) is -39.4. The Morgan fingerprint density at radius 1 is 0.680 bits per heavy atom. The third-order valence-electron chi connectivity index (χ3n) is 3.33. The molecule has 0 heterocycles. The lowest BCUT2D eigenvalue weighted by molar-refractivity contribution is -0.443. The highest BCUT2D eigenvalue weighted by Gasteiger charge is 2.91. The van der Waals surface area contributed by atoms with Crippen molar-refractivity contribution in [3.63, 3.8) is 0 Å². The molecular weight excluding hydrogens is 411 g/mol. The number of hydrogen-bond donors (Lipinski definition) is 0. The summed E-state index contributed by atoms with van der Waals surface area (Å²) in [6.07, 6.45) is -8.43. The van der Waals surface area contributed by atoms with Crippen LogP contribution >= 0.6 is 0 Å². The molecule has 15 heteroatoms. The van der Waals surface area contributed by atoms with Crippen molar-refractivity contribution in [1.29, 1.82) is 0 Å². The van der Waals surface area contributed by atoms with Crippen LogP contribution in [0.1, 0.15) is 13.3 Å². The molecule has 0 saturated heterocycles. The van der Waals surface area contributed by atoms with Gasteiger partial charge in [0, 0.05) is 6.61 Å². The van der Waals surface area contributed by atoms with Crippen LogP contribution in [0, 0.1) is 5.92 Å². The highest BCUT2D eigenvalue weighted by Crippen LogP contribution is 2.61. The Labute approximate surface area is 135 Å². The van der Waals surface area contributed by atoms with Gasteiger partial charge in [-0.3, -0.25) is 0 Å². The Bertz CT molecular complexity index is 458. The summed E-state index contributed by atoms with van der Waals surface area (Å²) in [6, 6.07) is 0. The van der Waals surface area contributed by atoms with Gasteiger partial charge in [0.1, 0.15) is 10.5 Å². The summed E-state index contributed by atoms with van der Waals surface area (Å²) in [7, 11) is -0.354. The summed E-state index contributed by atoms with van der Waals surface area (Å²) in [4.78, 5) is 0. The van der Waals surface area contributed by atoms with Crippen molar-refractivity contribution in [3.05, 3.63) is 0 Å². The van der Waals surface area contributed by atoms with Crippen LogP contribution in [0.5, 0.6) is 0 Å². The van der Waals surface area contributed by atoms with E-state index in [1.54, 1.807) is 0 Å². The van der Waals surface area contributed by atoms with E-state index in [9.17, 15) is 57.1 Å². The maximum atomic E-state index is 13.6. The van der Waals surface area contributed by atoms with Crippen molar-refractivity contribution in [2.75, 3.05) is 6.61 Å². The number of halogens is 13. The molecule has 0 rings (SSSR count). The van der Waals surface area contributed by atoms with Gasteiger partial charge in [-0.1, -0.05) is 6.92 Å². The number of rotatable bonds is 8. The Kier molecular flexibility index (Phi) is 6.58. The first-order valence-electron chi connectivity index (χ1n) is 6.22. The Hall–Kier alpha value is -0.733. The molecule has 1 unspecified atom stereocenters. The summed E-state index contributed by atoms with van der Waals surface area (Å²) in [5, 5.41) is 0. The molecular formula is C10H11F13OSi. The van der Waals surface area contributed by atoms with E-state index >= 15 is 0 Å². The van der Waals surface area contributed by atoms with E-state index in [1.165, 1.54) is 0 Å². The van der Waals surface area contributed by atoms with Crippen LogP contribution in [0.2, 0.25) is 0 Å². The lowest BCUT2D eigenvalue weighted by Gasteiger charge is -2.41. The monoisotopic (exact) mass is 422 g/mol. The molecule has 0 N–H and O–H groups in total. The summed E-state index contributed by atoms with van der Waals surface area (Å²) in [5.41, 5.74) is 0. The van der Waals surface area contributed by atoms with Crippen LogP contribution in [-0.4, -0.2) is 52.9 Å². The molecule has 0 bridgehead atoms. The maximum Gasteiger partial charge on any atom is 0.460 e. The van der Waals surface area contributed by atoms with Crippen molar-refractivity contribution in [1.82, 2.24) is 0 Å². The molecule has 25 heavy (non-hydrogen) atoms. The fourth-order valence-corrected chi connectivity index (χ4v) is 2.12. The average molecular weight is 422 g/mol. The van der Waals surface area contributed by atoms with Crippen LogP contribution in [0.3, 0.4) is 0 Å². The van der Waals surface area contributed by atoms with Gasteiger partial charge in [0.2, 0.25) is 0 Å². The van der Waals surface area contributed by atoms with E-state index in [0.29, 0.717) is 0 Å². The molecule has 0 aliphatic carbocycles. The van der Waals surface area contributed by atoms with Gasteiger partial charge in [-0.25, -0.2) is 0 Å². The molecule has 1 nitrogen and oxygen atoms in total. The molecule has 0 aliphatic heterocycles. The second kappa shape index (κ2) is 6.77. The quantitative estimate of drug-likeness (QED) is 0.424. The summed E-state index contributed by atoms with van der Waals surface area (Å²) < 4.78 is 172. The van der Waals surface area contributed by atoms with E-state index in [2.05, 4.69) is 4.43 Å². The van der Waals surface area contributed by atoms with Gasteiger partial charge in [-0.15, -0.1) is 0 Å². The van der Waals surface area contributed by atoms with Gasteiger partial charge in [0.05, 0.1) is 5.92 Å². The highest BCUT2D eigenvalue weighted by molar-refractivity contribution is 5.97. The molecule has 0 aromatic carbocycles. The first-order valence-corrected chi connectivity index (χ1v) is 7.03. The van der Waals surface area contributed by atoms with Crippen LogP contribution in [0.15, 0.2) is 0 Å². The second-order valence-electron chi connectivity index (χ2n) is 4.98. The molecule has 0 spiro atoms. The van der Waals surface area contributed by atoms with Crippen molar-refractivity contribution in [2.45, 2.75) is 49.1 Å². The van der Waals surface area contributed by atoms with E-state index in [-0.39, 0.29) is 10.5 Å². The smallest absolute Gasteiger partial charge is 0.427 e. The maximum absolute atomic E-state index is 13.6. The minimum absolute atomic E-state index is 0.354. The fraction of sp³-hybridized carbons (Fsp3) is 1.00. The molecule has 0 saturated carbocycles. The van der Waals surface area contributed by atoms with Crippen LogP contribution < -0.4 is 0 Å². The van der Waals surface area contributed by atoms with Crippen LogP contribution in [0.25, 0.3) is 0 Å². The first-order chi connectivity index (χ1) is 10.8. The van der Waals surface area contributed by atoms with Gasteiger partial charge in [-0.05, 0) is 6.42 Å². The summed E-state index contributed by atoms with van der Waals surface area (Å²) >= 11 is 0. The third-order valence-corrected chi connectivity index (χ3v) is 3.66. The van der Waals surface area contributed by atoms with Gasteiger partial charge < -0.3 is 4.43 Å². The highest BCUT2D eigenvalue weighted by atomic mass is 28.2. The molecule has 0 aliphatic rings. The van der Waals surface area contributed by atoms with Gasteiger partial charge in [0.25, 0.3) is 0 Å². The van der Waals surface area contributed by atoms with Crippen LogP contribution in [0.4, 0.5) is 57.1 Å². The number of hydrogen-bond acceptors (Lipinski definition) is 1. The molecule has 0 aromatic rings.